The summed E-state index contributed by atoms with van der Waals surface area (Å²) in [5.41, 5.74) is 0.640. The van der Waals surface area contributed by atoms with Crippen LogP contribution in [-0.2, 0) is 0 Å². The van der Waals surface area contributed by atoms with Crippen LogP contribution >= 0.6 is 12.4 Å². The van der Waals surface area contributed by atoms with E-state index in [-0.39, 0.29) is 31.0 Å². The van der Waals surface area contributed by atoms with Gasteiger partial charge in [-0.15, -0.1) is 12.4 Å². The highest BCUT2D eigenvalue weighted by Gasteiger charge is 2.18. The number of Topliss-reactive ketones (excluding diaryl/α,β-unsaturated/α-hetero) is 1. The van der Waals surface area contributed by atoms with Crippen molar-refractivity contribution in [2.24, 2.45) is 0 Å². The highest BCUT2D eigenvalue weighted by molar-refractivity contribution is 6.00. The molecule has 5 heteroatoms. The van der Waals surface area contributed by atoms with Crippen molar-refractivity contribution in [2.75, 3.05) is 13.8 Å². The van der Waals surface area contributed by atoms with Crippen molar-refractivity contribution in [3.05, 3.63) is 23.8 Å². The highest BCUT2D eigenvalue weighted by Crippen LogP contribution is 2.32. The van der Waals surface area contributed by atoms with Gasteiger partial charge in [0.2, 0.25) is 6.79 Å². The fourth-order valence-corrected chi connectivity index (χ4v) is 1.43. The van der Waals surface area contributed by atoms with E-state index in [2.05, 4.69) is 5.32 Å². The Bertz CT molecular complexity index is 395. The summed E-state index contributed by atoms with van der Waals surface area (Å²) in [6.07, 6.45) is 0. The maximum atomic E-state index is 11.8. The van der Waals surface area contributed by atoms with E-state index < -0.39 is 0 Å². The van der Waals surface area contributed by atoms with Crippen molar-refractivity contribution >= 4 is 18.2 Å². The second kappa shape index (κ2) is 5.18. The number of fused-ring (bicyclic) bond motifs is 1. The minimum atomic E-state index is -0.189. The number of hydrogen-bond donors (Lipinski definition) is 1. The predicted molar refractivity (Wildman–Crippen MR) is 62.7 cm³/mol. The lowest BCUT2D eigenvalue weighted by Gasteiger charge is -2.09. The molecule has 1 aromatic carbocycles. The van der Waals surface area contributed by atoms with E-state index in [1.807, 2.05) is 6.92 Å². The molecule has 0 aliphatic carbocycles. The molecule has 0 unspecified atom stereocenters. The number of ether oxygens (including phenoxy) is 2. The Morgan fingerprint density at radius 3 is 2.75 bits per heavy atom. The van der Waals surface area contributed by atoms with Crippen LogP contribution in [0.25, 0.3) is 0 Å². The summed E-state index contributed by atoms with van der Waals surface area (Å²) in [6.45, 7) is 2.06. The number of carbonyl (C=O) groups is 1. The monoisotopic (exact) mass is 243 g/mol. The standard InChI is InChI=1S/C11H13NO3.ClH/c1-7(12-2)11(13)8-3-4-9-10(5-8)15-6-14-9;/h3-5,7,12H,6H2,1-2H3;1H/t7-;/m0./s1. The first-order valence-electron chi connectivity index (χ1n) is 4.83. The summed E-state index contributed by atoms with van der Waals surface area (Å²) >= 11 is 0. The van der Waals surface area contributed by atoms with Gasteiger partial charge in [-0.25, -0.2) is 0 Å². The Kier molecular flexibility index (Phi) is 4.15. The summed E-state index contributed by atoms with van der Waals surface area (Å²) in [7, 11) is 1.76. The van der Waals surface area contributed by atoms with Gasteiger partial charge in [0.25, 0.3) is 0 Å². The molecule has 4 nitrogen and oxygen atoms in total. The molecule has 2 rings (SSSR count). The molecule has 1 aliphatic rings. The third kappa shape index (κ3) is 2.28. The fraction of sp³-hybridized carbons (Fsp3) is 0.364. The van der Waals surface area contributed by atoms with Crippen LogP contribution in [0.5, 0.6) is 11.5 Å². The number of halogens is 1. The maximum absolute atomic E-state index is 11.8. The molecule has 0 spiro atoms. The van der Waals surface area contributed by atoms with Gasteiger partial charge in [0.1, 0.15) is 0 Å². The van der Waals surface area contributed by atoms with Gasteiger partial charge >= 0.3 is 0 Å². The summed E-state index contributed by atoms with van der Waals surface area (Å²) in [5.74, 6) is 1.39. The minimum absolute atomic E-state index is 0. The number of ketones is 1. The van der Waals surface area contributed by atoms with Crippen molar-refractivity contribution in [1.82, 2.24) is 5.32 Å². The van der Waals surface area contributed by atoms with E-state index in [1.165, 1.54) is 0 Å². The van der Waals surface area contributed by atoms with Gasteiger partial charge in [0.05, 0.1) is 6.04 Å². The molecule has 0 saturated carbocycles. The van der Waals surface area contributed by atoms with Gasteiger partial charge in [-0.2, -0.15) is 0 Å². The van der Waals surface area contributed by atoms with Crippen molar-refractivity contribution in [1.29, 1.82) is 0 Å². The first kappa shape index (κ1) is 12.8. The van der Waals surface area contributed by atoms with Crippen molar-refractivity contribution in [3.63, 3.8) is 0 Å². The van der Waals surface area contributed by atoms with Crippen molar-refractivity contribution < 1.29 is 14.3 Å². The molecule has 1 heterocycles. The molecule has 0 bridgehead atoms. The zero-order valence-electron chi connectivity index (χ0n) is 9.15. The minimum Gasteiger partial charge on any atom is -0.454 e. The first-order chi connectivity index (χ1) is 7.22. The average molecular weight is 244 g/mol. The molecule has 1 aromatic rings. The van der Waals surface area contributed by atoms with E-state index in [1.54, 1.807) is 25.2 Å². The van der Waals surface area contributed by atoms with Crippen LogP contribution < -0.4 is 14.8 Å². The van der Waals surface area contributed by atoms with Crippen LogP contribution in [0.4, 0.5) is 0 Å². The van der Waals surface area contributed by atoms with Gasteiger partial charge in [-0.1, -0.05) is 0 Å². The number of rotatable bonds is 3. The molecule has 1 aliphatic heterocycles. The molecule has 0 radical (unpaired) electrons. The molecule has 0 fully saturated rings. The molecule has 16 heavy (non-hydrogen) atoms. The molecule has 1 N–H and O–H groups in total. The van der Waals surface area contributed by atoms with Crippen LogP contribution in [0.3, 0.4) is 0 Å². The van der Waals surface area contributed by atoms with Gasteiger partial charge in [-0.3, -0.25) is 4.79 Å². The van der Waals surface area contributed by atoms with E-state index in [4.69, 9.17) is 9.47 Å². The molecule has 0 saturated heterocycles. The van der Waals surface area contributed by atoms with E-state index >= 15 is 0 Å². The second-order valence-corrected chi connectivity index (χ2v) is 3.44. The fourth-order valence-electron chi connectivity index (χ4n) is 1.43. The van der Waals surface area contributed by atoms with Gasteiger partial charge < -0.3 is 14.8 Å². The molecule has 88 valence electrons. The Balaban J connectivity index is 0.00000128. The number of carbonyl (C=O) groups excluding carboxylic acids is 1. The average Bonchev–Trinajstić information content (AvgIpc) is 2.73. The quantitative estimate of drug-likeness (QED) is 0.820. The lowest BCUT2D eigenvalue weighted by molar-refractivity contribution is 0.0954. The van der Waals surface area contributed by atoms with Crippen LogP contribution in [-0.4, -0.2) is 25.7 Å². The number of benzene rings is 1. The third-order valence-corrected chi connectivity index (χ3v) is 2.48. The molecular formula is C11H14ClNO3. The summed E-state index contributed by atoms with van der Waals surface area (Å²) in [6, 6.07) is 5.05. The number of hydrogen-bond acceptors (Lipinski definition) is 4. The molecule has 0 amide bonds. The van der Waals surface area contributed by atoms with Gasteiger partial charge in [0.15, 0.2) is 17.3 Å². The van der Waals surface area contributed by atoms with Crippen molar-refractivity contribution in [2.45, 2.75) is 13.0 Å². The normalized spacial score (nSPS) is 14.1. The zero-order valence-corrected chi connectivity index (χ0v) is 9.97. The molecular weight excluding hydrogens is 230 g/mol. The van der Waals surface area contributed by atoms with Crippen LogP contribution in [0.2, 0.25) is 0 Å². The largest absolute Gasteiger partial charge is 0.454 e. The summed E-state index contributed by atoms with van der Waals surface area (Å²) in [5, 5.41) is 2.91. The third-order valence-electron chi connectivity index (χ3n) is 2.48. The first-order valence-corrected chi connectivity index (χ1v) is 4.83. The Morgan fingerprint density at radius 1 is 1.38 bits per heavy atom. The highest BCUT2D eigenvalue weighted by atomic mass is 35.5. The van der Waals surface area contributed by atoms with Crippen LogP contribution in [0.15, 0.2) is 18.2 Å². The van der Waals surface area contributed by atoms with E-state index in [0.29, 0.717) is 17.1 Å². The number of nitrogens with one attached hydrogen (secondary N) is 1. The maximum Gasteiger partial charge on any atom is 0.231 e. The lowest BCUT2D eigenvalue weighted by Crippen LogP contribution is -2.30. The SMILES string of the molecule is CN[C@@H](C)C(=O)c1ccc2c(c1)OCO2.Cl. The predicted octanol–water partition coefficient (Wildman–Crippen LogP) is 1.63. The Hall–Kier alpha value is -1.26. The van der Waals surface area contributed by atoms with E-state index in [0.717, 1.165) is 0 Å². The topological polar surface area (TPSA) is 47.6 Å². The van der Waals surface area contributed by atoms with Crippen LogP contribution in [0, 0.1) is 0 Å². The molecule has 0 aromatic heterocycles. The second-order valence-electron chi connectivity index (χ2n) is 3.44. The van der Waals surface area contributed by atoms with Crippen molar-refractivity contribution in [3.8, 4) is 11.5 Å². The molecule has 1 atom stereocenters. The van der Waals surface area contributed by atoms with E-state index in [9.17, 15) is 4.79 Å². The Morgan fingerprint density at radius 2 is 2.06 bits per heavy atom. The van der Waals surface area contributed by atoms with Gasteiger partial charge in [-0.05, 0) is 32.2 Å². The summed E-state index contributed by atoms with van der Waals surface area (Å²) < 4.78 is 10.4. The lowest BCUT2D eigenvalue weighted by atomic mass is 10.1. The van der Waals surface area contributed by atoms with Gasteiger partial charge in [0, 0.05) is 5.56 Å². The zero-order chi connectivity index (χ0) is 10.8. The smallest absolute Gasteiger partial charge is 0.231 e. The summed E-state index contributed by atoms with van der Waals surface area (Å²) in [4.78, 5) is 11.8. The number of likely N-dealkylation sites (N-methyl/N-ethyl adjacent to an activating group) is 1. The Labute approximate surface area is 100 Å². The van der Waals surface area contributed by atoms with Crippen LogP contribution in [0.1, 0.15) is 17.3 Å².